The summed E-state index contributed by atoms with van der Waals surface area (Å²) in [4.78, 5) is 13.3. The highest BCUT2D eigenvalue weighted by Crippen LogP contribution is 2.68. The van der Waals surface area contributed by atoms with Gasteiger partial charge in [0, 0.05) is 11.3 Å². The summed E-state index contributed by atoms with van der Waals surface area (Å²) in [5.74, 6) is 0.975. The van der Waals surface area contributed by atoms with E-state index >= 15 is 0 Å². The Morgan fingerprint density at radius 3 is 2.33 bits per heavy atom. The van der Waals surface area contributed by atoms with Crippen molar-refractivity contribution in [3.63, 3.8) is 0 Å². The summed E-state index contributed by atoms with van der Waals surface area (Å²) in [5, 5.41) is 44.1. The molecule has 0 aromatic carbocycles. The van der Waals surface area contributed by atoms with Crippen LogP contribution in [0.5, 0.6) is 0 Å². The van der Waals surface area contributed by atoms with Gasteiger partial charge in [-0.05, 0) is 91.6 Å². The van der Waals surface area contributed by atoms with E-state index in [1.165, 1.54) is 0 Å². The number of aliphatic hydroxyl groups is 4. The second kappa shape index (κ2) is 8.43. The fourth-order valence-electron chi connectivity index (χ4n) is 8.39. The Morgan fingerprint density at radius 2 is 1.70 bits per heavy atom. The van der Waals surface area contributed by atoms with Gasteiger partial charge in [-0.3, -0.25) is 4.79 Å². The second-order valence-corrected chi connectivity index (χ2v) is 13.0. The molecular weight excluding hydrogens is 416 g/mol. The zero-order valence-electron chi connectivity index (χ0n) is 21.4. The predicted molar refractivity (Wildman–Crippen MR) is 128 cm³/mol. The fourth-order valence-corrected chi connectivity index (χ4v) is 8.39. The molecule has 5 nitrogen and oxygen atoms in total. The van der Waals surface area contributed by atoms with E-state index < -0.39 is 29.3 Å². The van der Waals surface area contributed by atoms with Gasteiger partial charge in [0.15, 0.2) is 5.78 Å². The molecule has 0 aromatic rings. The third-order valence-electron chi connectivity index (χ3n) is 11.2. The van der Waals surface area contributed by atoms with Crippen LogP contribution in [0.1, 0.15) is 86.5 Å². The highest BCUT2D eigenvalue weighted by atomic mass is 16.3. The summed E-state index contributed by atoms with van der Waals surface area (Å²) in [6.45, 7) is 13.0. The lowest BCUT2D eigenvalue weighted by molar-refractivity contribution is -0.154. The molecule has 3 fully saturated rings. The van der Waals surface area contributed by atoms with E-state index in [-0.39, 0.29) is 34.9 Å². The normalized spacial score (nSPS) is 47.9. The molecular formula is C28H46O5. The molecule has 188 valence electrons. The molecule has 4 aliphatic rings. The number of ketones is 1. The quantitative estimate of drug-likeness (QED) is 0.497. The average Bonchev–Trinajstić information content (AvgIpc) is 3.01. The molecule has 0 radical (unpaired) electrons. The summed E-state index contributed by atoms with van der Waals surface area (Å²) in [6, 6.07) is 0. The highest BCUT2D eigenvalue weighted by molar-refractivity contribution is 5.95. The van der Waals surface area contributed by atoms with Crippen molar-refractivity contribution in [2.45, 2.75) is 110 Å². The van der Waals surface area contributed by atoms with Crippen molar-refractivity contribution in [1.82, 2.24) is 0 Å². The van der Waals surface area contributed by atoms with Crippen molar-refractivity contribution in [3.05, 3.63) is 11.6 Å². The Morgan fingerprint density at radius 1 is 1.03 bits per heavy atom. The Balaban J connectivity index is 1.64. The summed E-state index contributed by atoms with van der Waals surface area (Å²) in [7, 11) is 0. The molecule has 4 aliphatic carbocycles. The maximum atomic E-state index is 13.3. The van der Waals surface area contributed by atoms with E-state index in [0.717, 1.165) is 31.3 Å². The molecule has 4 rings (SSSR count). The van der Waals surface area contributed by atoms with E-state index in [1.807, 2.05) is 0 Å². The van der Waals surface area contributed by atoms with Crippen molar-refractivity contribution < 1.29 is 25.2 Å². The standard InChI is InChI=1S/C28H46O5/c1-15(2)16(3)11-22(29)17(4)18-8-10-28(33)20-12-23(30)21-13-24(31)25(32)14-26(21,5)19(20)7-9-27(18,28)6/h12,15-19,21-22,24-25,29,31-33H,7-11,13-14H2,1-6H3/t16-,17+,18-,19-,21+,22-,24-,25+,26-,27-,28-/m1/s1. The summed E-state index contributed by atoms with van der Waals surface area (Å²) >= 11 is 0. The number of carbonyl (C=O) groups is 1. The van der Waals surface area contributed by atoms with Crippen LogP contribution in [-0.2, 0) is 4.79 Å². The van der Waals surface area contributed by atoms with Crippen molar-refractivity contribution in [1.29, 1.82) is 0 Å². The Labute approximate surface area is 199 Å². The van der Waals surface area contributed by atoms with E-state index in [2.05, 4.69) is 41.5 Å². The molecule has 0 bridgehead atoms. The zero-order chi connectivity index (χ0) is 24.5. The van der Waals surface area contributed by atoms with Crippen molar-refractivity contribution in [3.8, 4) is 0 Å². The first-order valence-corrected chi connectivity index (χ1v) is 13.3. The second-order valence-electron chi connectivity index (χ2n) is 13.0. The number of hydrogen-bond donors (Lipinski definition) is 4. The van der Waals surface area contributed by atoms with Crippen LogP contribution in [0, 0.1) is 46.3 Å². The topological polar surface area (TPSA) is 98.0 Å². The monoisotopic (exact) mass is 462 g/mol. The van der Waals surface area contributed by atoms with Gasteiger partial charge in [0.1, 0.15) is 0 Å². The van der Waals surface area contributed by atoms with Gasteiger partial charge in [-0.2, -0.15) is 0 Å². The van der Waals surface area contributed by atoms with Gasteiger partial charge >= 0.3 is 0 Å². The number of allylic oxidation sites excluding steroid dienone is 1. The van der Waals surface area contributed by atoms with Gasteiger partial charge in [-0.1, -0.05) is 41.5 Å². The summed E-state index contributed by atoms with van der Waals surface area (Å²) < 4.78 is 0. The molecule has 0 aromatic heterocycles. The highest BCUT2D eigenvalue weighted by Gasteiger charge is 2.67. The minimum absolute atomic E-state index is 0.00494. The van der Waals surface area contributed by atoms with E-state index in [0.29, 0.717) is 31.1 Å². The Kier molecular flexibility index (Phi) is 6.47. The van der Waals surface area contributed by atoms with Gasteiger partial charge in [-0.15, -0.1) is 0 Å². The van der Waals surface area contributed by atoms with Crippen LogP contribution in [0.4, 0.5) is 0 Å². The molecule has 0 spiro atoms. The van der Waals surface area contributed by atoms with Gasteiger partial charge in [0.05, 0.1) is 23.9 Å². The van der Waals surface area contributed by atoms with Gasteiger partial charge in [-0.25, -0.2) is 0 Å². The van der Waals surface area contributed by atoms with Crippen LogP contribution in [0.3, 0.4) is 0 Å². The molecule has 0 heterocycles. The van der Waals surface area contributed by atoms with Gasteiger partial charge in [0.25, 0.3) is 0 Å². The van der Waals surface area contributed by atoms with Gasteiger partial charge in [0.2, 0.25) is 0 Å². The first-order chi connectivity index (χ1) is 15.3. The third-order valence-corrected chi connectivity index (χ3v) is 11.2. The van der Waals surface area contributed by atoms with Crippen LogP contribution in [-0.4, -0.2) is 50.1 Å². The number of rotatable bonds is 5. The minimum atomic E-state index is -1.05. The van der Waals surface area contributed by atoms with Crippen LogP contribution in [0.25, 0.3) is 0 Å². The molecule has 0 unspecified atom stereocenters. The van der Waals surface area contributed by atoms with Crippen molar-refractivity contribution in [2.24, 2.45) is 46.3 Å². The predicted octanol–water partition coefficient (Wildman–Crippen LogP) is 3.87. The summed E-state index contributed by atoms with van der Waals surface area (Å²) in [5.41, 5.74) is -1.01. The average molecular weight is 463 g/mol. The van der Waals surface area contributed by atoms with E-state index in [4.69, 9.17) is 0 Å². The summed E-state index contributed by atoms with van der Waals surface area (Å²) in [6.07, 6.45) is 4.28. The first kappa shape index (κ1) is 25.3. The fraction of sp³-hybridized carbons (Fsp3) is 0.893. The molecule has 3 saturated carbocycles. The molecule has 33 heavy (non-hydrogen) atoms. The molecule has 11 atom stereocenters. The minimum Gasteiger partial charge on any atom is -0.393 e. The van der Waals surface area contributed by atoms with Crippen LogP contribution >= 0.6 is 0 Å². The lowest BCUT2D eigenvalue weighted by Gasteiger charge is -2.60. The molecule has 0 saturated heterocycles. The van der Waals surface area contributed by atoms with E-state index in [1.54, 1.807) is 6.08 Å². The number of aliphatic hydroxyl groups excluding tert-OH is 3. The SMILES string of the molecule is CC(C)[C@H](C)C[C@@H](O)[C@@H](C)[C@H]1CC[C@@]2(O)C3=CC(=O)[C@@H]4C[C@@H](O)[C@@H](O)C[C@]4(C)[C@@H]3CC[C@]12C. The smallest absolute Gasteiger partial charge is 0.159 e. The van der Waals surface area contributed by atoms with Crippen LogP contribution in [0.2, 0.25) is 0 Å². The first-order valence-electron chi connectivity index (χ1n) is 13.3. The Hall–Kier alpha value is -0.750. The zero-order valence-corrected chi connectivity index (χ0v) is 21.4. The van der Waals surface area contributed by atoms with Crippen LogP contribution < -0.4 is 0 Å². The van der Waals surface area contributed by atoms with Crippen LogP contribution in [0.15, 0.2) is 11.6 Å². The van der Waals surface area contributed by atoms with E-state index in [9.17, 15) is 25.2 Å². The largest absolute Gasteiger partial charge is 0.393 e. The van der Waals surface area contributed by atoms with Crippen molar-refractivity contribution >= 4 is 5.78 Å². The molecule has 4 N–H and O–H groups in total. The lowest BCUT2D eigenvalue weighted by Crippen LogP contribution is -2.61. The van der Waals surface area contributed by atoms with Gasteiger partial charge < -0.3 is 20.4 Å². The molecule has 0 aliphatic heterocycles. The Bertz CT molecular complexity index is 806. The maximum Gasteiger partial charge on any atom is 0.159 e. The number of hydrogen-bond acceptors (Lipinski definition) is 5. The number of carbonyl (C=O) groups excluding carboxylic acids is 1. The third kappa shape index (κ3) is 3.68. The van der Waals surface area contributed by atoms with Crippen molar-refractivity contribution in [2.75, 3.05) is 0 Å². The molecule has 5 heteroatoms. The molecule has 0 amide bonds. The lowest BCUT2D eigenvalue weighted by atomic mass is 9.46. The number of fused-ring (bicyclic) bond motifs is 5. The maximum absolute atomic E-state index is 13.3.